The zero-order valence-electron chi connectivity index (χ0n) is 15.3. The van der Waals surface area contributed by atoms with Crippen molar-refractivity contribution < 1.29 is 22.4 Å². The zero-order valence-corrected chi connectivity index (χ0v) is 16.8. The third kappa shape index (κ3) is 4.97. The van der Waals surface area contributed by atoms with E-state index >= 15 is 0 Å². The van der Waals surface area contributed by atoms with E-state index in [0.717, 1.165) is 23.5 Å². The summed E-state index contributed by atoms with van der Waals surface area (Å²) < 4.78 is 52.3. The van der Waals surface area contributed by atoms with E-state index in [1.165, 1.54) is 24.3 Å². The summed E-state index contributed by atoms with van der Waals surface area (Å²) in [7, 11) is 0. The smallest absolute Gasteiger partial charge is 0.372 e. The van der Waals surface area contributed by atoms with E-state index in [1.807, 2.05) is 0 Å². The van der Waals surface area contributed by atoms with Gasteiger partial charge in [0.15, 0.2) is 5.13 Å². The van der Waals surface area contributed by atoms with E-state index < -0.39 is 29.5 Å². The molecule has 0 aliphatic carbocycles. The number of benzene rings is 2. The minimum absolute atomic E-state index is 0.145. The summed E-state index contributed by atoms with van der Waals surface area (Å²) in [4.78, 5) is 17.0. The standard InChI is InChI=1S/C19H16ClF4N3OS/c1-9(2)16(25-13-5-3-10(7-12(13)20)19(22,23)24)17(28)27-18-26-14-6-4-11(21)8-15(14)29-18/h3-9,16,25H,1-2H3,(H,26,27,28). The van der Waals surface area contributed by atoms with Crippen molar-refractivity contribution >= 4 is 49.9 Å². The fraction of sp³-hybridized carbons (Fsp3) is 0.263. The molecule has 1 unspecified atom stereocenters. The van der Waals surface area contributed by atoms with Crippen LogP contribution in [0.5, 0.6) is 0 Å². The Morgan fingerprint density at radius 3 is 2.52 bits per heavy atom. The second-order valence-electron chi connectivity index (χ2n) is 6.68. The number of nitrogens with one attached hydrogen (secondary N) is 2. The van der Waals surface area contributed by atoms with E-state index in [0.29, 0.717) is 15.3 Å². The Morgan fingerprint density at radius 2 is 1.90 bits per heavy atom. The molecule has 3 aromatic rings. The van der Waals surface area contributed by atoms with Gasteiger partial charge >= 0.3 is 6.18 Å². The molecule has 1 amide bonds. The molecule has 1 heterocycles. The van der Waals surface area contributed by atoms with Gasteiger partial charge in [0.25, 0.3) is 0 Å². The lowest BCUT2D eigenvalue weighted by Gasteiger charge is -2.23. The third-order valence-electron chi connectivity index (χ3n) is 4.14. The molecule has 0 spiro atoms. The Hall–Kier alpha value is -2.39. The minimum Gasteiger partial charge on any atom is -0.372 e. The van der Waals surface area contributed by atoms with Gasteiger partial charge in [-0.15, -0.1) is 0 Å². The molecule has 154 valence electrons. The first kappa shape index (κ1) is 21.3. The molecule has 3 rings (SSSR count). The fourth-order valence-electron chi connectivity index (χ4n) is 2.65. The number of nitrogens with zero attached hydrogens (tertiary/aromatic N) is 1. The molecular weight excluding hydrogens is 430 g/mol. The molecular formula is C19H16ClF4N3OS. The monoisotopic (exact) mass is 445 g/mol. The zero-order chi connectivity index (χ0) is 21.3. The van der Waals surface area contributed by atoms with Crippen LogP contribution in [0, 0.1) is 11.7 Å². The van der Waals surface area contributed by atoms with Crippen molar-refractivity contribution in [2.45, 2.75) is 26.1 Å². The van der Waals surface area contributed by atoms with Crippen LogP contribution in [0.15, 0.2) is 36.4 Å². The van der Waals surface area contributed by atoms with E-state index in [9.17, 15) is 22.4 Å². The molecule has 2 N–H and O–H groups in total. The van der Waals surface area contributed by atoms with Crippen molar-refractivity contribution in [3.8, 4) is 0 Å². The summed E-state index contributed by atoms with van der Waals surface area (Å²) in [5.41, 5.74) is -0.119. The Kier molecular flexibility index (Phi) is 6.00. The van der Waals surface area contributed by atoms with Crippen LogP contribution < -0.4 is 10.6 Å². The predicted molar refractivity (Wildman–Crippen MR) is 107 cm³/mol. The molecule has 4 nitrogen and oxygen atoms in total. The van der Waals surface area contributed by atoms with Gasteiger partial charge in [0, 0.05) is 0 Å². The van der Waals surface area contributed by atoms with E-state index in [4.69, 9.17) is 11.6 Å². The first-order valence-electron chi connectivity index (χ1n) is 8.55. The average molecular weight is 446 g/mol. The number of thiazole rings is 1. The number of halogens is 5. The van der Waals surface area contributed by atoms with E-state index in [1.54, 1.807) is 13.8 Å². The molecule has 1 aromatic heterocycles. The summed E-state index contributed by atoms with van der Waals surface area (Å²) in [5.74, 6) is -1.05. The van der Waals surface area contributed by atoms with Gasteiger partial charge in [0.1, 0.15) is 11.9 Å². The van der Waals surface area contributed by atoms with Crippen molar-refractivity contribution in [2.75, 3.05) is 10.6 Å². The maximum absolute atomic E-state index is 13.3. The van der Waals surface area contributed by atoms with Crippen LogP contribution in [0.4, 0.5) is 28.4 Å². The van der Waals surface area contributed by atoms with Crippen molar-refractivity contribution in [3.05, 3.63) is 52.8 Å². The highest BCUT2D eigenvalue weighted by atomic mass is 35.5. The van der Waals surface area contributed by atoms with Crippen LogP contribution in [-0.4, -0.2) is 16.9 Å². The highest BCUT2D eigenvalue weighted by Gasteiger charge is 2.31. The summed E-state index contributed by atoms with van der Waals surface area (Å²) in [6.45, 7) is 3.56. The highest BCUT2D eigenvalue weighted by Crippen LogP contribution is 2.34. The fourth-order valence-corrected chi connectivity index (χ4v) is 3.77. The Balaban J connectivity index is 1.79. The van der Waals surface area contributed by atoms with Crippen LogP contribution in [-0.2, 0) is 11.0 Å². The van der Waals surface area contributed by atoms with Gasteiger partial charge in [-0.3, -0.25) is 4.79 Å². The highest BCUT2D eigenvalue weighted by molar-refractivity contribution is 7.22. The van der Waals surface area contributed by atoms with E-state index in [-0.39, 0.29) is 16.6 Å². The van der Waals surface area contributed by atoms with Gasteiger partial charge in [-0.25, -0.2) is 9.37 Å². The van der Waals surface area contributed by atoms with Gasteiger partial charge < -0.3 is 10.6 Å². The summed E-state index contributed by atoms with van der Waals surface area (Å²) in [5, 5.41) is 5.71. The number of fused-ring (bicyclic) bond motifs is 1. The van der Waals surface area contributed by atoms with Crippen LogP contribution >= 0.6 is 22.9 Å². The second kappa shape index (κ2) is 8.16. The van der Waals surface area contributed by atoms with Gasteiger partial charge in [-0.2, -0.15) is 13.2 Å². The number of hydrogen-bond acceptors (Lipinski definition) is 4. The van der Waals surface area contributed by atoms with Gasteiger partial charge in [-0.1, -0.05) is 36.8 Å². The number of anilines is 2. The molecule has 2 aromatic carbocycles. The number of carbonyl (C=O) groups excluding carboxylic acids is 1. The SMILES string of the molecule is CC(C)C(Nc1ccc(C(F)(F)F)cc1Cl)C(=O)Nc1nc2ccc(F)cc2s1. The molecule has 1 atom stereocenters. The number of carbonyl (C=O) groups is 1. The van der Waals surface area contributed by atoms with Crippen LogP contribution in [0.25, 0.3) is 10.2 Å². The molecule has 0 fully saturated rings. The molecule has 10 heteroatoms. The molecule has 0 aliphatic rings. The summed E-state index contributed by atoms with van der Waals surface area (Å²) in [6.07, 6.45) is -4.51. The largest absolute Gasteiger partial charge is 0.416 e. The molecule has 29 heavy (non-hydrogen) atoms. The number of amides is 1. The normalized spacial score (nSPS) is 13.0. The third-order valence-corrected chi connectivity index (χ3v) is 5.38. The van der Waals surface area contributed by atoms with Gasteiger partial charge in [0.2, 0.25) is 5.91 Å². The number of aromatic nitrogens is 1. The van der Waals surface area contributed by atoms with E-state index in [2.05, 4.69) is 15.6 Å². The topological polar surface area (TPSA) is 54.0 Å². The Bertz CT molecular complexity index is 1050. The van der Waals surface area contributed by atoms with Crippen molar-refractivity contribution in [3.63, 3.8) is 0 Å². The lowest BCUT2D eigenvalue weighted by atomic mass is 10.0. The first-order chi connectivity index (χ1) is 13.5. The lowest BCUT2D eigenvalue weighted by Crippen LogP contribution is -2.39. The molecule has 0 bridgehead atoms. The quantitative estimate of drug-likeness (QED) is 0.461. The van der Waals surface area contributed by atoms with Crippen LogP contribution in [0.1, 0.15) is 19.4 Å². The second-order valence-corrected chi connectivity index (χ2v) is 8.12. The summed E-state index contributed by atoms with van der Waals surface area (Å²) >= 11 is 7.10. The molecule has 0 saturated carbocycles. The molecule has 0 radical (unpaired) electrons. The Labute approximate surface area is 172 Å². The molecule has 0 aliphatic heterocycles. The van der Waals surface area contributed by atoms with Crippen LogP contribution in [0.3, 0.4) is 0 Å². The molecule has 0 saturated heterocycles. The van der Waals surface area contributed by atoms with Crippen LogP contribution in [0.2, 0.25) is 5.02 Å². The summed E-state index contributed by atoms with van der Waals surface area (Å²) in [6, 6.07) is 6.22. The van der Waals surface area contributed by atoms with Crippen molar-refractivity contribution in [1.82, 2.24) is 4.98 Å². The first-order valence-corrected chi connectivity index (χ1v) is 9.74. The number of alkyl halides is 3. The number of rotatable bonds is 5. The lowest BCUT2D eigenvalue weighted by molar-refractivity contribution is -0.137. The van der Waals surface area contributed by atoms with Crippen molar-refractivity contribution in [1.29, 1.82) is 0 Å². The van der Waals surface area contributed by atoms with Gasteiger partial charge in [-0.05, 0) is 42.3 Å². The average Bonchev–Trinajstić information content (AvgIpc) is 3.00. The Morgan fingerprint density at radius 1 is 1.17 bits per heavy atom. The predicted octanol–water partition coefficient (Wildman–Crippen LogP) is 6.18. The number of hydrogen-bond donors (Lipinski definition) is 2. The maximum Gasteiger partial charge on any atom is 0.416 e. The maximum atomic E-state index is 13.3. The minimum atomic E-state index is -4.51. The van der Waals surface area contributed by atoms with Gasteiger partial charge in [0.05, 0.1) is 26.5 Å². The van der Waals surface area contributed by atoms with Crippen molar-refractivity contribution in [2.24, 2.45) is 5.92 Å².